The summed E-state index contributed by atoms with van der Waals surface area (Å²) in [5.74, 6) is 0. The number of benzene rings is 2. The Kier molecular flexibility index (Phi) is 4.88. The van der Waals surface area contributed by atoms with Crippen LogP contribution in [-0.2, 0) is 0 Å². The van der Waals surface area contributed by atoms with E-state index in [9.17, 15) is 4.79 Å². The van der Waals surface area contributed by atoms with Crippen LogP contribution in [0, 0.1) is 6.92 Å². The predicted molar refractivity (Wildman–Crippen MR) is 109 cm³/mol. The molecule has 0 saturated carbocycles. The Hall–Kier alpha value is -3.14. The van der Waals surface area contributed by atoms with Crippen molar-refractivity contribution < 1.29 is 4.79 Å². The van der Waals surface area contributed by atoms with Crippen molar-refractivity contribution in [3.63, 3.8) is 0 Å². The molecular weight excluding hydrogens is 334 g/mol. The second-order valence-corrected chi connectivity index (χ2v) is 6.94. The van der Waals surface area contributed by atoms with Crippen molar-refractivity contribution in [3.8, 4) is 11.3 Å². The summed E-state index contributed by atoms with van der Waals surface area (Å²) in [6.45, 7) is 2.84. The van der Waals surface area contributed by atoms with Gasteiger partial charge in [0.15, 0.2) is 0 Å². The van der Waals surface area contributed by atoms with Gasteiger partial charge in [-0.1, -0.05) is 42.5 Å². The number of amides is 2. The molecule has 1 fully saturated rings. The van der Waals surface area contributed by atoms with Crippen LogP contribution in [0.3, 0.4) is 0 Å². The third kappa shape index (κ3) is 3.70. The van der Waals surface area contributed by atoms with Gasteiger partial charge in [0.2, 0.25) is 0 Å². The maximum absolute atomic E-state index is 12.9. The van der Waals surface area contributed by atoms with E-state index in [2.05, 4.69) is 29.4 Å². The topological polar surface area (TPSA) is 45.2 Å². The fourth-order valence-corrected chi connectivity index (χ4v) is 3.72. The number of hydrogen-bond donors (Lipinski definition) is 1. The van der Waals surface area contributed by atoms with Crippen molar-refractivity contribution in [2.45, 2.75) is 25.8 Å². The molecule has 1 N–H and O–H groups in total. The maximum Gasteiger partial charge on any atom is 0.322 e. The number of aryl methyl sites for hydroxylation is 1. The van der Waals surface area contributed by atoms with E-state index in [0.29, 0.717) is 0 Å². The van der Waals surface area contributed by atoms with E-state index in [1.807, 2.05) is 59.5 Å². The highest BCUT2D eigenvalue weighted by atomic mass is 16.2. The summed E-state index contributed by atoms with van der Waals surface area (Å²) in [5, 5.41) is 3.08. The third-order valence-electron chi connectivity index (χ3n) is 5.13. The molecule has 2 heterocycles. The molecule has 136 valence electrons. The zero-order chi connectivity index (χ0) is 18.6. The maximum atomic E-state index is 12.9. The van der Waals surface area contributed by atoms with Crippen molar-refractivity contribution in [1.29, 1.82) is 0 Å². The first-order valence-electron chi connectivity index (χ1n) is 9.37. The van der Waals surface area contributed by atoms with Crippen molar-refractivity contribution in [2.24, 2.45) is 0 Å². The van der Waals surface area contributed by atoms with Crippen molar-refractivity contribution >= 4 is 11.7 Å². The molecule has 0 aliphatic carbocycles. The number of nitrogens with one attached hydrogen (secondary N) is 1. The summed E-state index contributed by atoms with van der Waals surface area (Å²) in [4.78, 5) is 19.3. The van der Waals surface area contributed by atoms with E-state index in [0.717, 1.165) is 41.9 Å². The van der Waals surface area contributed by atoms with E-state index in [-0.39, 0.29) is 12.1 Å². The van der Waals surface area contributed by atoms with Crippen molar-refractivity contribution in [3.05, 3.63) is 84.1 Å². The SMILES string of the molecule is Cc1ccc(NC(=O)N2CCC[C@@H]2c2ccccc2)cc1-c1ccccn1. The fourth-order valence-electron chi connectivity index (χ4n) is 3.72. The van der Waals surface area contributed by atoms with Crippen LogP contribution in [-0.4, -0.2) is 22.5 Å². The number of nitrogens with zero attached hydrogens (tertiary/aromatic N) is 2. The molecule has 1 aliphatic heterocycles. The lowest BCUT2D eigenvalue weighted by Crippen LogP contribution is -2.34. The number of carbonyl (C=O) groups is 1. The molecule has 1 atom stereocenters. The molecule has 2 aromatic carbocycles. The molecule has 2 amide bonds. The Bertz CT molecular complexity index is 925. The molecular formula is C23H23N3O. The number of aromatic nitrogens is 1. The van der Waals surface area contributed by atoms with E-state index in [4.69, 9.17) is 0 Å². The van der Waals surface area contributed by atoms with Gasteiger partial charge in [-0.3, -0.25) is 4.98 Å². The molecule has 4 nitrogen and oxygen atoms in total. The molecule has 1 aromatic heterocycles. The summed E-state index contributed by atoms with van der Waals surface area (Å²) in [6, 6.07) is 22.2. The predicted octanol–water partition coefficient (Wildman–Crippen LogP) is 5.43. The lowest BCUT2D eigenvalue weighted by Gasteiger charge is -2.25. The Morgan fingerprint density at radius 3 is 2.67 bits per heavy atom. The van der Waals surface area contributed by atoms with Gasteiger partial charge in [0.1, 0.15) is 0 Å². The summed E-state index contributed by atoms with van der Waals surface area (Å²) < 4.78 is 0. The fraction of sp³-hybridized carbons (Fsp3) is 0.217. The van der Waals surface area contributed by atoms with Crippen LogP contribution in [0.5, 0.6) is 0 Å². The first kappa shape index (κ1) is 17.3. The minimum Gasteiger partial charge on any atom is -0.317 e. The summed E-state index contributed by atoms with van der Waals surface area (Å²) in [6.07, 6.45) is 3.82. The average molecular weight is 357 g/mol. The second kappa shape index (κ2) is 7.62. The zero-order valence-electron chi connectivity index (χ0n) is 15.4. The Morgan fingerprint density at radius 2 is 1.89 bits per heavy atom. The largest absolute Gasteiger partial charge is 0.322 e. The number of carbonyl (C=O) groups excluding carboxylic acids is 1. The number of urea groups is 1. The quantitative estimate of drug-likeness (QED) is 0.680. The highest BCUT2D eigenvalue weighted by Crippen LogP contribution is 2.32. The van der Waals surface area contributed by atoms with Crippen LogP contribution in [0.15, 0.2) is 72.9 Å². The van der Waals surface area contributed by atoms with Gasteiger partial charge in [-0.25, -0.2) is 4.79 Å². The van der Waals surface area contributed by atoms with Gasteiger partial charge in [-0.05, 0) is 55.2 Å². The van der Waals surface area contributed by atoms with Gasteiger partial charge in [0, 0.05) is 24.0 Å². The molecule has 1 aliphatic rings. The lowest BCUT2D eigenvalue weighted by molar-refractivity contribution is 0.207. The zero-order valence-corrected chi connectivity index (χ0v) is 15.4. The normalized spacial score (nSPS) is 16.3. The molecule has 0 unspecified atom stereocenters. The number of hydrogen-bond acceptors (Lipinski definition) is 2. The molecule has 0 spiro atoms. The van der Waals surface area contributed by atoms with Crippen LogP contribution in [0.25, 0.3) is 11.3 Å². The first-order valence-corrected chi connectivity index (χ1v) is 9.37. The van der Waals surface area contributed by atoms with Crippen LogP contribution >= 0.6 is 0 Å². The highest BCUT2D eigenvalue weighted by Gasteiger charge is 2.29. The number of rotatable bonds is 3. The minimum atomic E-state index is -0.0443. The summed E-state index contributed by atoms with van der Waals surface area (Å²) in [7, 11) is 0. The van der Waals surface area contributed by atoms with Crippen LogP contribution < -0.4 is 5.32 Å². The molecule has 0 radical (unpaired) electrons. The smallest absolute Gasteiger partial charge is 0.317 e. The lowest BCUT2D eigenvalue weighted by atomic mass is 10.0. The number of anilines is 1. The van der Waals surface area contributed by atoms with Crippen molar-refractivity contribution in [1.82, 2.24) is 9.88 Å². The van der Waals surface area contributed by atoms with Crippen LogP contribution in [0.2, 0.25) is 0 Å². The third-order valence-corrected chi connectivity index (χ3v) is 5.13. The van der Waals surface area contributed by atoms with Gasteiger partial charge < -0.3 is 10.2 Å². The Labute approximate surface area is 159 Å². The molecule has 3 aromatic rings. The van der Waals surface area contributed by atoms with Crippen LogP contribution in [0.4, 0.5) is 10.5 Å². The Balaban J connectivity index is 1.55. The second-order valence-electron chi connectivity index (χ2n) is 6.94. The number of likely N-dealkylation sites (tertiary alicyclic amines) is 1. The first-order chi connectivity index (χ1) is 13.2. The van der Waals surface area contributed by atoms with Gasteiger partial charge in [0.25, 0.3) is 0 Å². The molecule has 0 bridgehead atoms. The summed E-state index contributed by atoms with van der Waals surface area (Å²) in [5.41, 5.74) is 5.08. The van der Waals surface area contributed by atoms with Gasteiger partial charge in [-0.15, -0.1) is 0 Å². The molecule has 4 heteroatoms. The van der Waals surface area contributed by atoms with Crippen LogP contribution in [0.1, 0.15) is 30.0 Å². The van der Waals surface area contributed by atoms with Crippen molar-refractivity contribution in [2.75, 3.05) is 11.9 Å². The molecule has 1 saturated heterocycles. The monoisotopic (exact) mass is 357 g/mol. The van der Waals surface area contributed by atoms with E-state index < -0.39 is 0 Å². The van der Waals surface area contributed by atoms with Gasteiger partial charge in [0.05, 0.1) is 11.7 Å². The molecule has 27 heavy (non-hydrogen) atoms. The average Bonchev–Trinajstić information content (AvgIpc) is 3.21. The standard InChI is InChI=1S/C23H23N3O/c1-17-12-13-19(16-20(17)21-10-5-6-14-24-21)25-23(27)26-15-7-11-22(26)18-8-3-2-4-9-18/h2-6,8-10,12-14,16,22H,7,11,15H2,1H3,(H,25,27)/t22-/m1/s1. The summed E-state index contributed by atoms with van der Waals surface area (Å²) >= 11 is 0. The van der Waals surface area contributed by atoms with E-state index in [1.165, 1.54) is 5.56 Å². The van der Waals surface area contributed by atoms with Gasteiger partial charge >= 0.3 is 6.03 Å². The van der Waals surface area contributed by atoms with E-state index in [1.54, 1.807) is 6.20 Å². The van der Waals surface area contributed by atoms with Gasteiger partial charge in [-0.2, -0.15) is 0 Å². The minimum absolute atomic E-state index is 0.0443. The molecule has 4 rings (SSSR count). The van der Waals surface area contributed by atoms with E-state index >= 15 is 0 Å². The highest BCUT2D eigenvalue weighted by molar-refractivity contribution is 5.90. The Morgan fingerprint density at radius 1 is 1.07 bits per heavy atom. The number of pyridine rings is 1.